The molecule has 1 nitrogen and oxygen atoms in total. The molecule has 1 heterocycles. The van der Waals surface area contributed by atoms with E-state index in [4.69, 9.17) is 0 Å². The average molecular weight is 351 g/mol. The lowest BCUT2D eigenvalue weighted by atomic mass is 9.91. The molecule has 134 valence electrons. The van der Waals surface area contributed by atoms with E-state index in [0.717, 1.165) is 11.1 Å². The number of benzene rings is 3. The van der Waals surface area contributed by atoms with Crippen LogP contribution in [-0.4, -0.2) is 6.04 Å². The van der Waals surface area contributed by atoms with Gasteiger partial charge in [0, 0.05) is 11.6 Å². The summed E-state index contributed by atoms with van der Waals surface area (Å²) in [5.74, 6) is 0.427. The van der Waals surface area contributed by atoms with E-state index in [-0.39, 0.29) is 6.04 Å². The summed E-state index contributed by atoms with van der Waals surface area (Å²) < 4.78 is 0. The van der Waals surface area contributed by atoms with Crippen LogP contribution in [0.1, 0.15) is 36.5 Å². The lowest BCUT2D eigenvalue weighted by Gasteiger charge is -2.15. The maximum atomic E-state index is 4.08. The molecule has 2 atom stereocenters. The Morgan fingerprint density at radius 3 is 2.19 bits per heavy atom. The molecule has 4 rings (SSSR count). The Morgan fingerprint density at radius 2 is 1.52 bits per heavy atom. The van der Waals surface area contributed by atoms with Crippen LogP contribution in [0.5, 0.6) is 0 Å². The highest BCUT2D eigenvalue weighted by Crippen LogP contribution is 2.35. The molecule has 3 aromatic rings. The van der Waals surface area contributed by atoms with Gasteiger partial charge < -0.3 is 5.32 Å². The number of fused-ring (bicyclic) bond motifs is 2. The van der Waals surface area contributed by atoms with Gasteiger partial charge in [-0.3, -0.25) is 0 Å². The van der Waals surface area contributed by atoms with Crippen LogP contribution >= 0.6 is 0 Å². The Kier molecular flexibility index (Phi) is 4.45. The van der Waals surface area contributed by atoms with Crippen LogP contribution in [0.4, 0.5) is 5.69 Å². The molecular weight excluding hydrogens is 326 g/mol. The van der Waals surface area contributed by atoms with Crippen molar-refractivity contribution in [3.8, 4) is 0 Å². The van der Waals surface area contributed by atoms with Crippen LogP contribution < -0.4 is 15.8 Å². The molecule has 1 N–H and O–H groups in total. The summed E-state index contributed by atoms with van der Waals surface area (Å²) in [5, 5.41) is 8.68. The van der Waals surface area contributed by atoms with Gasteiger partial charge in [0.15, 0.2) is 0 Å². The van der Waals surface area contributed by atoms with Crippen molar-refractivity contribution in [3.05, 3.63) is 88.8 Å². The van der Waals surface area contributed by atoms with Gasteiger partial charge in [-0.05, 0) is 50.9 Å². The second-order valence-corrected chi connectivity index (χ2v) is 7.11. The highest BCUT2D eigenvalue weighted by Gasteiger charge is 2.26. The van der Waals surface area contributed by atoms with Crippen molar-refractivity contribution in [2.45, 2.75) is 25.8 Å². The van der Waals surface area contributed by atoms with E-state index in [0.29, 0.717) is 5.92 Å². The fraction of sp³-hybridized carbons (Fsp3) is 0.154. The Labute approximate surface area is 161 Å². The minimum absolute atomic E-state index is 0.261. The lowest BCUT2D eigenvalue weighted by Crippen LogP contribution is -2.32. The molecule has 27 heavy (non-hydrogen) atoms. The zero-order valence-electron chi connectivity index (χ0n) is 16.0. The monoisotopic (exact) mass is 351 g/mol. The second kappa shape index (κ2) is 6.92. The third-order valence-electron chi connectivity index (χ3n) is 5.73. The summed E-state index contributed by atoms with van der Waals surface area (Å²) >= 11 is 0. The second-order valence-electron chi connectivity index (χ2n) is 7.11. The van der Waals surface area contributed by atoms with Gasteiger partial charge in [-0.15, -0.1) is 0 Å². The largest absolute Gasteiger partial charge is 0.378 e. The van der Waals surface area contributed by atoms with E-state index in [1.54, 1.807) is 0 Å². The molecule has 0 amide bonds. The van der Waals surface area contributed by atoms with Crippen LogP contribution in [0.15, 0.2) is 61.7 Å². The van der Waals surface area contributed by atoms with Crippen molar-refractivity contribution in [1.82, 2.24) is 0 Å². The summed E-state index contributed by atoms with van der Waals surface area (Å²) in [6.07, 6.45) is 8.48. The van der Waals surface area contributed by atoms with Gasteiger partial charge in [0.25, 0.3) is 0 Å². The molecule has 2 unspecified atom stereocenters. The molecule has 0 bridgehead atoms. The number of hydrogen-bond acceptors (Lipinski definition) is 1. The average Bonchev–Trinajstić information content (AvgIpc) is 3.03. The molecule has 0 fully saturated rings. The summed E-state index contributed by atoms with van der Waals surface area (Å²) in [5.41, 5.74) is 4.93. The smallest absolute Gasteiger partial charge is 0.0520 e. The normalized spacial score (nSPS) is 19.8. The Morgan fingerprint density at radius 1 is 0.852 bits per heavy atom. The summed E-state index contributed by atoms with van der Waals surface area (Å²) in [6, 6.07) is 17.5. The first-order valence-corrected chi connectivity index (χ1v) is 9.52. The van der Waals surface area contributed by atoms with E-state index in [1.165, 1.54) is 32.5 Å². The highest BCUT2D eigenvalue weighted by molar-refractivity contribution is 5.95. The molecule has 0 aromatic heterocycles. The first kappa shape index (κ1) is 17.4. The van der Waals surface area contributed by atoms with Crippen molar-refractivity contribution >= 4 is 40.8 Å². The van der Waals surface area contributed by atoms with Gasteiger partial charge in [-0.1, -0.05) is 86.9 Å². The zero-order chi connectivity index (χ0) is 19.0. The topological polar surface area (TPSA) is 12.0 Å². The number of para-hydroxylation sites is 1. The Bertz CT molecular complexity index is 1170. The number of nitrogens with one attached hydrogen (secondary N) is 1. The van der Waals surface area contributed by atoms with Gasteiger partial charge in [-0.25, -0.2) is 0 Å². The summed E-state index contributed by atoms with van der Waals surface area (Å²) in [6.45, 7) is 12.5. The highest BCUT2D eigenvalue weighted by atomic mass is 15.0. The zero-order valence-corrected chi connectivity index (χ0v) is 16.0. The lowest BCUT2D eigenvalue weighted by molar-refractivity contribution is 0.769. The van der Waals surface area contributed by atoms with Crippen molar-refractivity contribution in [3.63, 3.8) is 0 Å². The molecule has 0 saturated carbocycles. The predicted molar refractivity (Wildman–Crippen MR) is 120 cm³/mol. The first-order valence-electron chi connectivity index (χ1n) is 9.52. The third-order valence-corrected chi connectivity index (χ3v) is 5.73. The summed E-state index contributed by atoms with van der Waals surface area (Å²) in [4.78, 5) is 0. The minimum atomic E-state index is 0.261. The molecule has 3 aromatic carbocycles. The van der Waals surface area contributed by atoms with Gasteiger partial charge in [-0.2, -0.15) is 0 Å². The number of hydrogen-bond donors (Lipinski definition) is 1. The van der Waals surface area contributed by atoms with Gasteiger partial charge in [0.05, 0.1) is 6.04 Å². The van der Waals surface area contributed by atoms with E-state index in [9.17, 15) is 0 Å². The van der Waals surface area contributed by atoms with E-state index >= 15 is 0 Å². The standard InChI is InChI=1S/C26H25N/c1-5-18-19(6-2)22-13-8-9-14-23(22)24(20(18)7-3)16-26-17(4)21-12-10-11-15-25(21)27-26/h5-17,26-27H,1-2H2,3-4H3/b20-7-,24-16+. The SMILES string of the molecule is C=Cc1c(C=C)c2ccccc2c(=C/C2Nc3ccccc3C2C)/c1=C\C. The van der Waals surface area contributed by atoms with Crippen LogP contribution in [0.3, 0.4) is 0 Å². The predicted octanol–water partition coefficient (Wildman–Crippen LogP) is 5.30. The van der Waals surface area contributed by atoms with Crippen molar-refractivity contribution in [2.75, 3.05) is 5.32 Å². The van der Waals surface area contributed by atoms with Crippen LogP contribution in [0.2, 0.25) is 0 Å². The number of rotatable bonds is 3. The molecule has 0 spiro atoms. The quantitative estimate of drug-likeness (QED) is 0.675. The Hall–Kier alpha value is -3.06. The molecule has 1 aliphatic heterocycles. The maximum Gasteiger partial charge on any atom is 0.0520 e. The van der Waals surface area contributed by atoms with E-state index in [1.807, 2.05) is 12.2 Å². The minimum Gasteiger partial charge on any atom is -0.378 e. The number of anilines is 1. The fourth-order valence-electron chi connectivity index (χ4n) is 4.35. The third kappa shape index (κ3) is 2.71. The van der Waals surface area contributed by atoms with Crippen molar-refractivity contribution in [2.24, 2.45) is 0 Å². The molecule has 1 heteroatoms. The van der Waals surface area contributed by atoms with Crippen LogP contribution in [-0.2, 0) is 0 Å². The van der Waals surface area contributed by atoms with Gasteiger partial charge in [0.1, 0.15) is 0 Å². The van der Waals surface area contributed by atoms with E-state index < -0.39 is 0 Å². The molecule has 0 saturated heterocycles. The maximum absolute atomic E-state index is 4.08. The van der Waals surface area contributed by atoms with Crippen molar-refractivity contribution in [1.29, 1.82) is 0 Å². The first-order chi connectivity index (χ1) is 13.2. The molecule has 0 aliphatic carbocycles. The van der Waals surface area contributed by atoms with Crippen LogP contribution in [0.25, 0.3) is 35.1 Å². The molecule has 1 aliphatic rings. The molecular formula is C26H25N. The Balaban J connectivity index is 2.04. The van der Waals surface area contributed by atoms with Gasteiger partial charge >= 0.3 is 0 Å². The van der Waals surface area contributed by atoms with Crippen LogP contribution in [0, 0.1) is 0 Å². The fourth-order valence-corrected chi connectivity index (χ4v) is 4.35. The molecule has 0 radical (unpaired) electrons. The summed E-state index contributed by atoms with van der Waals surface area (Å²) in [7, 11) is 0. The van der Waals surface area contributed by atoms with Crippen molar-refractivity contribution < 1.29 is 0 Å². The van der Waals surface area contributed by atoms with E-state index in [2.05, 4.69) is 93.0 Å². The van der Waals surface area contributed by atoms with Gasteiger partial charge in [0.2, 0.25) is 0 Å².